The van der Waals surface area contributed by atoms with E-state index >= 15 is 0 Å². The van der Waals surface area contributed by atoms with Gasteiger partial charge >= 0.3 is 0 Å². The van der Waals surface area contributed by atoms with Crippen LogP contribution in [0.2, 0.25) is 5.02 Å². The number of hydrogen-bond donors (Lipinski definition) is 1. The Bertz CT molecular complexity index is 968. The largest absolute Gasteiger partial charge is 0.496 e. The van der Waals surface area contributed by atoms with E-state index in [0.717, 1.165) is 56.5 Å². The first-order chi connectivity index (χ1) is 12.1. The van der Waals surface area contributed by atoms with Crippen LogP contribution in [0.25, 0.3) is 16.9 Å². The number of benzene rings is 2. The van der Waals surface area contributed by atoms with Crippen LogP contribution in [0.1, 0.15) is 11.1 Å². The van der Waals surface area contributed by atoms with Crippen molar-refractivity contribution in [2.75, 3.05) is 19.0 Å². The molecule has 0 spiro atoms. The van der Waals surface area contributed by atoms with Crippen LogP contribution in [0.5, 0.6) is 5.75 Å². The van der Waals surface area contributed by atoms with E-state index in [1.54, 1.807) is 7.11 Å². The summed E-state index contributed by atoms with van der Waals surface area (Å²) in [5.74, 6) is 1.83. The number of ether oxygens (including phenoxy) is 1. The van der Waals surface area contributed by atoms with E-state index < -0.39 is 0 Å². The molecule has 1 aliphatic rings. The molecule has 0 aliphatic carbocycles. The van der Waals surface area contributed by atoms with Gasteiger partial charge in [0.05, 0.1) is 12.8 Å². The minimum absolute atomic E-state index is 0.737. The number of aryl methyl sites for hydroxylation is 1. The summed E-state index contributed by atoms with van der Waals surface area (Å²) in [6.07, 6.45) is 0.930. The molecule has 128 valence electrons. The highest BCUT2D eigenvalue weighted by Gasteiger charge is 2.25. The van der Waals surface area contributed by atoms with Gasteiger partial charge in [0.25, 0.3) is 0 Å². The maximum absolute atomic E-state index is 6.32. The van der Waals surface area contributed by atoms with Crippen molar-refractivity contribution in [3.63, 3.8) is 0 Å². The van der Waals surface area contributed by atoms with Crippen LogP contribution in [0.3, 0.4) is 0 Å². The van der Waals surface area contributed by atoms with Crippen molar-refractivity contribution in [3.8, 4) is 22.7 Å². The highest BCUT2D eigenvalue weighted by molar-refractivity contribution is 9.10. The molecule has 2 heterocycles. The summed E-state index contributed by atoms with van der Waals surface area (Å²) in [5.41, 5.74) is 5.12. The summed E-state index contributed by atoms with van der Waals surface area (Å²) < 4.78 is 8.48. The second kappa shape index (κ2) is 6.39. The van der Waals surface area contributed by atoms with Crippen LogP contribution in [-0.2, 0) is 6.42 Å². The van der Waals surface area contributed by atoms with Crippen LogP contribution >= 0.6 is 27.5 Å². The Labute approximate surface area is 159 Å². The number of fused-ring (bicyclic) bond motifs is 1. The normalized spacial score (nSPS) is 12.8. The van der Waals surface area contributed by atoms with E-state index in [-0.39, 0.29) is 0 Å². The molecule has 4 rings (SSSR count). The molecule has 0 atom stereocenters. The van der Waals surface area contributed by atoms with Crippen LogP contribution in [-0.4, -0.2) is 23.4 Å². The monoisotopic (exact) mass is 417 g/mol. The van der Waals surface area contributed by atoms with E-state index in [1.807, 2.05) is 48.0 Å². The lowest BCUT2D eigenvalue weighted by molar-refractivity contribution is 0.416. The van der Waals surface area contributed by atoms with Gasteiger partial charge in [-0.05, 0) is 49.2 Å². The third-order valence-corrected chi connectivity index (χ3v) is 5.37. The molecule has 1 aliphatic heterocycles. The zero-order valence-corrected chi connectivity index (χ0v) is 16.3. The Morgan fingerprint density at radius 3 is 2.84 bits per heavy atom. The van der Waals surface area contributed by atoms with E-state index in [4.69, 9.17) is 21.4 Å². The maximum Gasteiger partial charge on any atom is 0.133 e. The number of hydrogen-bond acceptors (Lipinski definition) is 3. The molecular formula is C19H17BrClN3O. The SMILES string of the molecule is COc1ccc(Br)cc1-c1nn(-c2ccc(C)c(Cl)c2)c2c1CCN2. The van der Waals surface area contributed by atoms with Gasteiger partial charge in [0.15, 0.2) is 0 Å². The molecule has 0 unspecified atom stereocenters. The molecule has 0 radical (unpaired) electrons. The van der Waals surface area contributed by atoms with E-state index in [0.29, 0.717) is 0 Å². The maximum atomic E-state index is 6.32. The van der Waals surface area contributed by atoms with Crippen molar-refractivity contribution in [1.82, 2.24) is 9.78 Å². The first-order valence-electron chi connectivity index (χ1n) is 8.04. The Hall–Kier alpha value is -1.98. The van der Waals surface area contributed by atoms with Crippen LogP contribution in [0, 0.1) is 6.92 Å². The third kappa shape index (κ3) is 2.81. The first kappa shape index (κ1) is 16.5. The molecular weight excluding hydrogens is 402 g/mol. The van der Waals surface area contributed by atoms with Crippen LogP contribution in [0.4, 0.5) is 5.82 Å². The van der Waals surface area contributed by atoms with E-state index in [2.05, 4.69) is 21.2 Å². The van der Waals surface area contributed by atoms with Gasteiger partial charge in [0.2, 0.25) is 0 Å². The Morgan fingerprint density at radius 1 is 1.24 bits per heavy atom. The molecule has 0 saturated carbocycles. The van der Waals surface area contributed by atoms with Gasteiger partial charge in [0.1, 0.15) is 17.3 Å². The number of halogens is 2. The van der Waals surface area contributed by atoms with Crippen molar-refractivity contribution in [2.24, 2.45) is 0 Å². The van der Waals surface area contributed by atoms with Crippen molar-refractivity contribution in [2.45, 2.75) is 13.3 Å². The minimum atomic E-state index is 0.737. The molecule has 3 aromatic rings. The Kier molecular flexibility index (Phi) is 4.21. The number of aromatic nitrogens is 2. The van der Waals surface area contributed by atoms with Crippen LogP contribution < -0.4 is 10.1 Å². The molecule has 2 aromatic carbocycles. The number of anilines is 1. The predicted octanol–water partition coefficient (Wildman–Crippen LogP) is 5.24. The average Bonchev–Trinajstić information content (AvgIpc) is 3.20. The highest BCUT2D eigenvalue weighted by Crippen LogP contribution is 2.39. The fourth-order valence-electron chi connectivity index (χ4n) is 3.16. The van der Waals surface area contributed by atoms with Crippen molar-refractivity contribution in [3.05, 3.63) is 57.0 Å². The van der Waals surface area contributed by atoms with Crippen molar-refractivity contribution < 1.29 is 4.74 Å². The fourth-order valence-corrected chi connectivity index (χ4v) is 3.69. The lowest BCUT2D eigenvalue weighted by Crippen LogP contribution is -2.04. The molecule has 4 nitrogen and oxygen atoms in total. The standard InChI is InChI=1S/C19H17BrClN3O/c1-11-3-5-13(10-16(11)21)24-19-14(7-8-22-19)18(23-24)15-9-12(20)4-6-17(15)25-2/h3-6,9-10,22H,7-8H2,1-2H3. The second-order valence-electron chi connectivity index (χ2n) is 6.04. The quantitative estimate of drug-likeness (QED) is 0.632. The number of nitrogens with one attached hydrogen (secondary N) is 1. The molecule has 1 N–H and O–H groups in total. The molecule has 0 bridgehead atoms. The van der Waals surface area contributed by atoms with Gasteiger partial charge in [-0.3, -0.25) is 0 Å². The summed E-state index contributed by atoms with van der Waals surface area (Å²) in [7, 11) is 1.68. The molecule has 1 aromatic heterocycles. The number of methoxy groups -OCH3 is 1. The molecule has 0 saturated heterocycles. The van der Waals surface area contributed by atoms with Gasteiger partial charge in [0, 0.05) is 27.2 Å². The zero-order chi connectivity index (χ0) is 17.6. The highest BCUT2D eigenvalue weighted by atomic mass is 79.9. The minimum Gasteiger partial charge on any atom is -0.496 e. The summed E-state index contributed by atoms with van der Waals surface area (Å²) in [4.78, 5) is 0. The van der Waals surface area contributed by atoms with Crippen molar-refractivity contribution >= 4 is 33.3 Å². The molecule has 0 amide bonds. The Balaban J connectivity index is 1.92. The number of nitrogens with zero attached hydrogens (tertiary/aromatic N) is 2. The Morgan fingerprint density at radius 2 is 2.08 bits per heavy atom. The van der Waals surface area contributed by atoms with Gasteiger partial charge < -0.3 is 10.1 Å². The van der Waals surface area contributed by atoms with Gasteiger partial charge in [-0.2, -0.15) is 5.10 Å². The molecule has 0 fully saturated rings. The average molecular weight is 419 g/mol. The fraction of sp³-hybridized carbons (Fsp3) is 0.211. The summed E-state index contributed by atoms with van der Waals surface area (Å²) >= 11 is 9.87. The van der Waals surface area contributed by atoms with Gasteiger partial charge in [-0.1, -0.05) is 33.6 Å². The summed E-state index contributed by atoms with van der Waals surface area (Å²) in [6.45, 7) is 2.89. The van der Waals surface area contributed by atoms with E-state index in [9.17, 15) is 0 Å². The second-order valence-corrected chi connectivity index (χ2v) is 7.37. The van der Waals surface area contributed by atoms with E-state index in [1.165, 1.54) is 5.56 Å². The lowest BCUT2D eigenvalue weighted by atomic mass is 10.1. The third-order valence-electron chi connectivity index (χ3n) is 4.47. The summed E-state index contributed by atoms with van der Waals surface area (Å²) in [6, 6.07) is 12.0. The zero-order valence-electron chi connectivity index (χ0n) is 13.9. The lowest BCUT2D eigenvalue weighted by Gasteiger charge is -2.09. The summed E-state index contributed by atoms with van der Waals surface area (Å²) in [5, 5.41) is 9.07. The van der Waals surface area contributed by atoms with Gasteiger partial charge in [-0.15, -0.1) is 0 Å². The molecule has 25 heavy (non-hydrogen) atoms. The molecule has 6 heteroatoms. The smallest absolute Gasteiger partial charge is 0.133 e. The first-order valence-corrected chi connectivity index (χ1v) is 9.22. The van der Waals surface area contributed by atoms with Crippen LogP contribution in [0.15, 0.2) is 40.9 Å². The predicted molar refractivity (Wildman–Crippen MR) is 105 cm³/mol. The van der Waals surface area contributed by atoms with Crippen molar-refractivity contribution in [1.29, 1.82) is 0 Å². The topological polar surface area (TPSA) is 39.1 Å². The number of rotatable bonds is 3. The van der Waals surface area contributed by atoms with Gasteiger partial charge in [-0.25, -0.2) is 4.68 Å².